The summed E-state index contributed by atoms with van der Waals surface area (Å²) in [6, 6.07) is 5.94. The molecule has 0 saturated carbocycles. The van der Waals surface area contributed by atoms with Gasteiger partial charge in [-0.15, -0.1) is 0 Å². The van der Waals surface area contributed by atoms with Crippen LogP contribution < -0.4 is 14.8 Å². The van der Waals surface area contributed by atoms with Crippen molar-refractivity contribution < 1.29 is 23.8 Å². The normalized spacial score (nSPS) is 18.3. The second-order valence-corrected chi connectivity index (χ2v) is 8.21. The maximum Gasteiger partial charge on any atom is 0.281 e. The molecule has 0 spiro atoms. The van der Waals surface area contributed by atoms with Crippen LogP contribution in [0.1, 0.15) is 24.9 Å². The van der Waals surface area contributed by atoms with Crippen LogP contribution in [0, 0.1) is 0 Å². The average Bonchev–Trinajstić information content (AvgIpc) is 3.19. The van der Waals surface area contributed by atoms with Crippen LogP contribution in [0.3, 0.4) is 0 Å². The van der Waals surface area contributed by atoms with Crippen molar-refractivity contribution in [2.45, 2.75) is 19.4 Å². The van der Waals surface area contributed by atoms with Gasteiger partial charge < -0.3 is 24.4 Å². The molecule has 30 heavy (non-hydrogen) atoms. The fourth-order valence-corrected chi connectivity index (χ4v) is 4.53. The van der Waals surface area contributed by atoms with Gasteiger partial charge in [0.1, 0.15) is 0 Å². The minimum atomic E-state index is -0.0455. The minimum Gasteiger partial charge on any atom is -0.493 e. The van der Waals surface area contributed by atoms with Gasteiger partial charge in [-0.3, -0.25) is 14.5 Å². The average molecular weight is 438 g/mol. The molecule has 0 aromatic heterocycles. The lowest BCUT2D eigenvalue weighted by Crippen LogP contribution is -2.44. The summed E-state index contributed by atoms with van der Waals surface area (Å²) in [6.45, 7) is 7.13. The van der Waals surface area contributed by atoms with Crippen molar-refractivity contribution in [1.82, 2.24) is 15.1 Å². The first-order valence-electron chi connectivity index (χ1n) is 10.4. The molecule has 2 aliphatic heterocycles. The summed E-state index contributed by atoms with van der Waals surface area (Å²) in [5.74, 6) is 2.15. The first-order chi connectivity index (χ1) is 14.6. The molecule has 3 rings (SSSR count). The quantitative estimate of drug-likeness (QED) is 0.601. The number of thioether (sulfide) groups is 1. The number of hydrogen-bond donors (Lipinski definition) is 1. The van der Waals surface area contributed by atoms with E-state index in [2.05, 4.69) is 10.2 Å². The summed E-state index contributed by atoms with van der Waals surface area (Å²) in [6.07, 6.45) is 0.314. The zero-order valence-corrected chi connectivity index (χ0v) is 18.5. The number of benzene rings is 1. The number of carbonyl (C=O) groups is 2. The monoisotopic (exact) mass is 437 g/mol. The molecule has 2 fully saturated rings. The second kappa shape index (κ2) is 11.4. The highest BCUT2D eigenvalue weighted by molar-refractivity contribution is 8.13. The number of hydrogen-bond acceptors (Lipinski definition) is 7. The third-order valence-electron chi connectivity index (χ3n) is 5.31. The zero-order valence-electron chi connectivity index (χ0n) is 17.7. The Balaban J connectivity index is 1.65. The molecule has 0 aliphatic carbocycles. The Morgan fingerprint density at radius 2 is 2.07 bits per heavy atom. The number of ether oxygens (including phenoxy) is 3. The van der Waals surface area contributed by atoms with Gasteiger partial charge in [0, 0.05) is 44.9 Å². The van der Waals surface area contributed by atoms with Gasteiger partial charge in [0.15, 0.2) is 11.5 Å². The first-order valence-corrected chi connectivity index (χ1v) is 11.4. The summed E-state index contributed by atoms with van der Waals surface area (Å²) in [7, 11) is 1.63. The van der Waals surface area contributed by atoms with Crippen molar-refractivity contribution in [3.8, 4) is 11.5 Å². The molecule has 8 nitrogen and oxygen atoms in total. The lowest BCUT2D eigenvalue weighted by molar-refractivity contribution is -0.121. The molecule has 0 unspecified atom stereocenters. The molecule has 1 aromatic carbocycles. The predicted octanol–water partition coefficient (Wildman–Crippen LogP) is 2.14. The minimum absolute atomic E-state index is 0.00593. The maximum atomic E-state index is 12.4. The van der Waals surface area contributed by atoms with E-state index in [9.17, 15) is 9.59 Å². The van der Waals surface area contributed by atoms with Gasteiger partial charge in [-0.25, -0.2) is 0 Å². The largest absolute Gasteiger partial charge is 0.493 e. The number of nitrogens with zero attached hydrogens (tertiary/aromatic N) is 2. The van der Waals surface area contributed by atoms with Gasteiger partial charge in [0.25, 0.3) is 5.24 Å². The SMILES string of the molecule is CCOc1ccc([C@H](CNC(=O)CCN2CCSC2=O)N2CCOCC2)cc1OC. The van der Waals surface area contributed by atoms with E-state index in [0.717, 1.165) is 31.0 Å². The van der Waals surface area contributed by atoms with Crippen LogP contribution >= 0.6 is 11.8 Å². The smallest absolute Gasteiger partial charge is 0.281 e. The fraction of sp³-hybridized carbons (Fsp3) is 0.619. The van der Waals surface area contributed by atoms with Gasteiger partial charge in [-0.2, -0.15) is 0 Å². The summed E-state index contributed by atoms with van der Waals surface area (Å²) < 4.78 is 16.6. The highest BCUT2D eigenvalue weighted by Gasteiger charge is 2.25. The predicted molar refractivity (Wildman–Crippen MR) is 116 cm³/mol. The van der Waals surface area contributed by atoms with Crippen molar-refractivity contribution in [2.24, 2.45) is 0 Å². The van der Waals surface area contributed by atoms with E-state index in [0.29, 0.717) is 50.8 Å². The molecule has 2 heterocycles. The topological polar surface area (TPSA) is 80.3 Å². The van der Waals surface area contributed by atoms with Crippen LogP contribution in [0.5, 0.6) is 11.5 Å². The summed E-state index contributed by atoms with van der Waals surface area (Å²) in [5.41, 5.74) is 1.06. The number of amides is 2. The summed E-state index contributed by atoms with van der Waals surface area (Å²) >= 11 is 1.31. The van der Waals surface area contributed by atoms with Crippen LogP contribution in [-0.4, -0.2) is 86.4 Å². The zero-order chi connectivity index (χ0) is 21.3. The van der Waals surface area contributed by atoms with E-state index in [1.807, 2.05) is 25.1 Å². The number of nitrogens with one attached hydrogen (secondary N) is 1. The van der Waals surface area contributed by atoms with Crippen LogP contribution in [0.15, 0.2) is 18.2 Å². The Morgan fingerprint density at radius 3 is 2.73 bits per heavy atom. The summed E-state index contributed by atoms with van der Waals surface area (Å²) in [4.78, 5) is 28.2. The van der Waals surface area contributed by atoms with E-state index in [1.165, 1.54) is 11.8 Å². The van der Waals surface area contributed by atoms with Crippen molar-refractivity contribution in [1.29, 1.82) is 0 Å². The van der Waals surface area contributed by atoms with Gasteiger partial charge in [-0.1, -0.05) is 17.8 Å². The van der Waals surface area contributed by atoms with Crippen molar-refractivity contribution in [2.75, 3.05) is 65.4 Å². The standard InChI is InChI=1S/C21H31N3O5S/c1-3-29-18-5-4-16(14-19(18)27-2)17(23-8-11-28-12-9-23)15-22-20(25)6-7-24-10-13-30-21(24)26/h4-5,14,17H,3,6-13,15H2,1-2H3,(H,22,25)/t17-/m0/s1. The Labute approximate surface area is 182 Å². The number of rotatable bonds is 10. The molecule has 2 amide bonds. The molecule has 0 radical (unpaired) electrons. The third kappa shape index (κ3) is 6.02. The summed E-state index contributed by atoms with van der Waals surface area (Å²) in [5, 5.41) is 3.12. The van der Waals surface area contributed by atoms with Crippen molar-refractivity contribution >= 4 is 22.9 Å². The van der Waals surface area contributed by atoms with Gasteiger partial charge in [0.2, 0.25) is 5.91 Å². The Kier molecular flexibility index (Phi) is 8.65. The van der Waals surface area contributed by atoms with E-state index in [-0.39, 0.29) is 17.2 Å². The molecular formula is C21H31N3O5S. The van der Waals surface area contributed by atoms with Crippen molar-refractivity contribution in [3.05, 3.63) is 23.8 Å². The van der Waals surface area contributed by atoms with E-state index >= 15 is 0 Å². The van der Waals surface area contributed by atoms with Gasteiger partial charge in [-0.05, 0) is 24.6 Å². The molecule has 1 aromatic rings. The Bertz CT molecular complexity index is 727. The molecule has 9 heteroatoms. The highest BCUT2D eigenvalue weighted by atomic mass is 32.2. The second-order valence-electron chi connectivity index (χ2n) is 7.16. The Morgan fingerprint density at radius 1 is 1.27 bits per heavy atom. The van der Waals surface area contributed by atoms with E-state index in [4.69, 9.17) is 14.2 Å². The third-order valence-corrected chi connectivity index (χ3v) is 6.20. The van der Waals surface area contributed by atoms with E-state index < -0.39 is 0 Å². The lowest BCUT2D eigenvalue weighted by atomic mass is 10.0. The first kappa shape index (κ1) is 22.7. The Hall–Kier alpha value is -1.97. The van der Waals surface area contributed by atoms with E-state index in [1.54, 1.807) is 12.0 Å². The number of carbonyl (C=O) groups excluding carboxylic acids is 2. The van der Waals surface area contributed by atoms with Crippen LogP contribution in [-0.2, 0) is 9.53 Å². The van der Waals surface area contributed by atoms with Crippen molar-refractivity contribution in [3.63, 3.8) is 0 Å². The molecule has 1 atom stereocenters. The number of methoxy groups -OCH3 is 1. The lowest BCUT2D eigenvalue weighted by Gasteiger charge is -2.35. The maximum absolute atomic E-state index is 12.4. The highest BCUT2D eigenvalue weighted by Crippen LogP contribution is 2.32. The van der Waals surface area contributed by atoms with Gasteiger partial charge >= 0.3 is 0 Å². The molecule has 0 bridgehead atoms. The van der Waals surface area contributed by atoms with Crippen LogP contribution in [0.2, 0.25) is 0 Å². The molecular weight excluding hydrogens is 406 g/mol. The molecule has 1 N–H and O–H groups in total. The van der Waals surface area contributed by atoms with Crippen LogP contribution in [0.25, 0.3) is 0 Å². The van der Waals surface area contributed by atoms with Crippen LogP contribution in [0.4, 0.5) is 4.79 Å². The molecule has 166 valence electrons. The molecule has 2 aliphatic rings. The van der Waals surface area contributed by atoms with Gasteiger partial charge in [0.05, 0.1) is 33.0 Å². The fourth-order valence-electron chi connectivity index (χ4n) is 3.68. The molecule has 2 saturated heterocycles. The number of morpholine rings is 1.